The van der Waals surface area contributed by atoms with Gasteiger partial charge in [0, 0.05) is 5.41 Å². The molecule has 0 atom stereocenters. The molecule has 1 aliphatic rings. The summed E-state index contributed by atoms with van der Waals surface area (Å²) in [5.74, 6) is 0. The van der Waals surface area contributed by atoms with Crippen LogP contribution in [0.15, 0.2) is 146 Å². The molecule has 43 heavy (non-hydrogen) atoms. The molecule has 0 saturated carbocycles. The summed E-state index contributed by atoms with van der Waals surface area (Å²) in [6, 6.07) is 54.1. The van der Waals surface area contributed by atoms with Gasteiger partial charge in [0.15, 0.2) is 0 Å². The van der Waals surface area contributed by atoms with Crippen LogP contribution in [-0.4, -0.2) is 0 Å². The SMILES string of the molecule is CC1(C)c2cc(-c3cccc(-c4ccccc4)c3)ccc2-c2c1ccc1c3ccccc3c3cc4ccccc4cc3c21. The molecule has 0 aromatic heterocycles. The molecule has 0 heterocycles. The van der Waals surface area contributed by atoms with Crippen LogP contribution in [0, 0.1) is 0 Å². The van der Waals surface area contributed by atoms with Crippen molar-refractivity contribution in [2.24, 2.45) is 0 Å². The molecule has 0 nitrogen and oxygen atoms in total. The summed E-state index contributed by atoms with van der Waals surface area (Å²) in [5.41, 5.74) is 10.5. The second-order valence-corrected chi connectivity index (χ2v) is 12.5. The zero-order valence-corrected chi connectivity index (χ0v) is 24.4. The number of fused-ring (bicyclic) bond motifs is 11. The van der Waals surface area contributed by atoms with Crippen LogP contribution in [0.4, 0.5) is 0 Å². The Morgan fingerprint density at radius 2 is 0.977 bits per heavy atom. The molecule has 9 rings (SSSR count). The molecule has 0 aliphatic heterocycles. The lowest BCUT2D eigenvalue weighted by molar-refractivity contribution is 0.661. The zero-order valence-electron chi connectivity index (χ0n) is 24.4. The fourth-order valence-electron chi connectivity index (χ4n) is 7.64. The summed E-state index contributed by atoms with van der Waals surface area (Å²) in [4.78, 5) is 0. The molecular formula is C43H30. The average Bonchev–Trinajstić information content (AvgIpc) is 3.30. The summed E-state index contributed by atoms with van der Waals surface area (Å²) in [6.45, 7) is 4.79. The fourth-order valence-corrected chi connectivity index (χ4v) is 7.64. The minimum atomic E-state index is -0.110. The molecule has 0 heteroatoms. The third-order valence-electron chi connectivity index (χ3n) is 9.81. The Balaban J connectivity index is 1.33. The Morgan fingerprint density at radius 3 is 1.74 bits per heavy atom. The lowest BCUT2D eigenvalue weighted by Crippen LogP contribution is -2.15. The van der Waals surface area contributed by atoms with E-state index in [1.807, 2.05) is 0 Å². The van der Waals surface area contributed by atoms with Gasteiger partial charge in [-0.2, -0.15) is 0 Å². The van der Waals surface area contributed by atoms with Crippen LogP contribution < -0.4 is 0 Å². The fraction of sp³-hybridized carbons (Fsp3) is 0.0698. The predicted molar refractivity (Wildman–Crippen MR) is 185 cm³/mol. The second-order valence-electron chi connectivity index (χ2n) is 12.5. The summed E-state index contributed by atoms with van der Waals surface area (Å²) in [7, 11) is 0. The Bertz CT molecular complexity index is 2410. The highest BCUT2D eigenvalue weighted by Crippen LogP contribution is 2.54. The van der Waals surface area contributed by atoms with Gasteiger partial charge in [0.25, 0.3) is 0 Å². The van der Waals surface area contributed by atoms with E-state index in [0.29, 0.717) is 0 Å². The normalized spacial score (nSPS) is 13.5. The minimum absolute atomic E-state index is 0.110. The first-order valence-corrected chi connectivity index (χ1v) is 15.2. The van der Waals surface area contributed by atoms with E-state index in [-0.39, 0.29) is 5.41 Å². The van der Waals surface area contributed by atoms with E-state index in [9.17, 15) is 0 Å². The van der Waals surface area contributed by atoms with Crippen molar-refractivity contribution < 1.29 is 0 Å². The van der Waals surface area contributed by atoms with Crippen molar-refractivity contribution in [1.82, 2.24) is 0 Å². The van der Waals surface area contributed by atoms with Crippen LogP contribution in [0.2, 0.25) is 0 Å². The quantitative estimate of drug-likeness (QED) is 0.149. The highest BCUT2D eigenvalue weighted by molar-refractivity contribution is 6.30. The summed E-state index contributed by atoms with van der Waals surface area (Å²) in [6.07, 6.45) is 0. The van der Waals surface area contributed by atoms with E-state index in [4.69, 9.17) is 0 Å². The van der Waals surface area contributed by atoms with E-state index < -0.39 is 0 Å². The average molecular weight is 547 g/mol. The molecule has 0 amide bonds. The van der Waals surface area contributed by atoms with Crippen molar-refractivity contribution in [2.75, 3.05) is 0 Å². The smallest absolute Gasteiger partial charge is 0.0159 e. The van der Waals surface area contributed by atoms with Gasteiger partial charge in [-0.15, -0.1) is 0 Å². The number of hydrogen-bond acceptors (Lipinski definition) is 0. The molecule has 8 aromatic carbocycles. The molecule has 202 valence electrons. The van der Waals surface area contributed by atoms with Gasteiger partial charge in [0.05, 0.1) is 0 Å². The molecule has 0 saturated heterocycles. The lowest BCUT2D eigenvalue weighted by atomic mass is 9.80. The van der Waals surface area contributed by atoms with Crippen molar-refractivity contribution in [2.45, 2.75) is 19.3 Å². The Hall–Kier alpha value is -5.20. The van der Waals surface area contributed by atoms with E-state index >= 15 is 0 Å². The van der Waals surface area contributed by atoms with Crippen LogP contribution in [0.5, 0.6) is 0 Å². The highest BCUT2D eigenvalue weighted by atomic mass is 14.4. The van der Waals surface area contributed by atoms with Crippen molar-refractivity contribution in [3.8, 4) is 33.4 Å². The molecule has 8 aromatic rings. The first-order chi connectivity index (χ1) is 21.1. The molecule has 0 radical (unpaired) electrons. The van der Waals surface area contributed by atoms with Gasteiger partial charge in [-0.1, -0.05) is 135 Å². The third-order valence-corrected chi connectivity index (χ3v) is 9.81. The van der Waals surface area contributed by atoms with Gasteiger partial charge in [-0.05, 0) is 112 Å². The third kappa shape index (κ3) is 3.50. The standard InChI is InChI=1S/C43H30/c1-43(2)39-22-21-35-33-17-8-9-18-34(33)37-24-30-13-6-7-14-31(30)25-38(37)41(35)42(39)36-20-19-32(26-40(36)43)29-16-10-15-28(23-29)27-11-4-3-5-12-27/h3-26H,1-2H3. The molecule has 0 N–H and O–H groups in total. The Kier molecular flexibility index (Phi) is 5.05. The monoisotopic (exact) mass is 546 g/mol. The van der Waals surface area contributed by atoms with Gasteiger partial charge in [-0.25, -0.2) is 0 Å². The predicted octanol–water partition coefficient (Wildman–Crippen LogP) is 11.9. The van der Waals surface area contributed by atoms with Crippen molar-refractivity contribution >= 4 is 43.1 Å². The van der Waals surface area contributed by atoms with Crippen LogP contribution in [0.1, 0.15) is 25.0 Å². The highest BCUT2D eigenvalue weighted by Gasteiger charge is 2.37. The van der Waals surface area contributed by atoms with E-state index in [1.54, 1.807) is 0 Å². The Morgan fingerprint density at radius 1 is 0.372 bits per heavy atom. The minimum Gasteiger partial charge on any atom is -0.0622 e. The molecule has 0 spiro atoms. The summed E-state index contributed by atoms with van der Waals surface area (Å²) in [5, 5.41) is 10.6. The molecule has 0 bridgehead atoms. The number of rotatable bonds is 2. The second kappa shape index (κ2) is 8.90. The summed E-state index contributed by atoms with van der Waals surface area (Å²) < 4.78 is 0. The first kappa shape index (κ1) is 24.4. The topological polar surface area (TPSA) is 0 Å². The van der Waals surface area contributed by atoms with Crippen molar-refractivity contribution in [3.63, 3.8) is 0 Å². The van der Waals surface area contributed by atoms with Crippen LogP contribution in [0.25, 0.3) is 76.5 Å². The maximum absolute atomic E-state index is 2.45. The zero-order chi connectivity index (χ0) is 28.7. The largest absolute Gasteiger partial charge is 0.0622 e. The van der Waals surface area contributed by atoms with Crippen molar-refractivity contribution in [1.29, 1.82) is 0 Å². The van der Waals surface area contributed by atoms with Crippen molar-refractivity contribution in [3.05, 3.63) is 157 Å². The summed E-state index contributed by atoms with van der Waals surface area (Å²) >= 11 is 0. The van der Waals surface area contributed by atoms with E-state index in [2.05, 4.69) is 159 Å². The van der Waals surface area contributed by atoms with Crippen LogP contribution in [0.3, 0.4) is 0 Å². The first-order valence-electron chi connectivity index (χ1n) is 15.2. The van der Waals surface area contributed by atoms with Gasteiger partial charge in [0.1, 0.15) is 0 Å². The van der Waals surface area contributed by atoms with Crippen LogP contribution >= 0.6 is 0 Å². The van der Waals surface area contributed by atoms with E-state index in [1.165, 1.54) is 87.6 Å². The van der Waals surface area contributed by atoms with Gasteiger partial charge in [-0.3, -0.25) is 0 Å². The number of hydrogen-bond donors (Lipinski definition) is 0. The molecule has 0 fully saturated rings. The van der Waals surface area contributed by atoms with Gasteiger partial charge >= 0.3 is 0 Å². The maximum atomic E-state index is 2.45. The molecule has 0 unspecified atom stereocenters. The maximum Gasteiger partial charge on any atom is 0.0159 e. The van der Waals surface area contributed by atoms with Gasteiger partial charge in [0.2, 0.25) is 0 Å². The number of benzene rings is 8. The van der Waals surface area contributed by atoms with Crippen LogP contribution in [-0.2, 0) is 5.41 Å². The Labute approximate surface area is 251 Å². The molecular weight excluding hydrogens is 516 g/mol. The molecule has 1 aliphatic carbocycles. The van der Waals surface area contributed by atoms with E-state index in [0.717, 1.165) is 0 Å². The lowest BCUT2D eigenvalue weighted by Gasteiger charge is -2.22. The van der Waals surface area contributed by atoms with Gasteiger partial charge < -0.3 is 0 Å².